The minimum atomic E-state index is 1.12. The molecule has 12 aromatic rings. The van der Waals surface area contributed by atoms with Gasteiger partial charge in [-0.05, 0) is 131 Å². The molecular formula is C60H39NS. The summed E-state index contributed by atoms with van der Waals surface area (Å²) in [5.74, 6) is 0. The van der Waals surface area contributed by atoms with Crippen LogP contribution in [0.3, 0.4) is 0 Å². The first-order chi connectivity index (χ1) is 30.7. The van der Waals surface area contributed by atoms with Gasteiger partial charge in [0.15, 0.2) is 0 Å². The van der Waals surface area contributed by atoms with Crippen LogP contribution in [0.4, 0.5) is 17.1 Å². The van der Waals surface area contributed by atoms with Crippen LogP contribution < -0.4 is 4.90 Å². The molecule has 1 heterocycles. The van der Waals surface area contributed by atoms with Gasteiger partial charge in [0, 0.05) is 26.8 Å². The Kier molecular flexibility index (Phi) is 8.76. The van der Waals surface area contributed by atoms with E-state index in [-0.39, 0.29) is 0 Å². The Balaban J connectivity index is 0.919. The monoisotopic (exact) mass is 805 g/mol. The summed E-state index contributed by atoms with van der Waals surface area (Å²) < 4.78 is 2.58. The first-order valence-corrected chi connectivity index (χ1v) is 22.0. The van der Waals surface area contributed by atoms with Crippen LogP contribution in [-0.2, 0) is 0 Å². The van der Waals surface area contributed by atoms with Crippen LogP contribution in [0, 0.1) is 0 Å². The molecule has 11 aromatic carbocycles. The molecule has 12 rings (SSSR count). The number of rotatable bonds is 7. The fourth-order valence-electron chi connectivity index (χ4n) is 9.22. The van der Waals surface area contributed by atoms with Gasteiger partial charge in [0.05, 0.1) is 10.4 Å². The first kappa shape index (κ1) is 36.1. The van der Waals surface area contributed by atoms with E-state index in [2.05, 4.69) is 241 Å². The summed E-state index contributed by atoms with van der Waals surface area (Å²) in [4.78, 5) is 2.43. The molecular weight excluding hydrogens is 767 g/mol. The minimum Gasteiger partial charge on any atom is -0.309 e. The second-order valence-corrected chi connectivity index (χ2v) is 17.2. The fourth-order valence-corrected chi connectivity index (χ4v) is 10.4. The Morgan fingerprint density at radius 1 is 0.274 bits per heavy atom. The van der Waals surface area contributed by atoms with Gasteiger partial charge in [-0.25, -0.2) is 0 Å². The van der Waals surface area contributed by atoms with Gasteiger partial charge in [0.1, 0.15) is 0 Å². The highest BCUT2D eigenvalue weighted by atomic mass is 32.1. The normalized spacial score (nSPS) is 11.5. The van der Waals surface area contributed by atoms with Crippen molar-refractivity contribution in [3.8, 4) is 44.5 Å². The Hall–Kier alpha value is -7.78. The quantitative estimate of drug-likeness (QED) is 0.155. The van der Waals surface area contributed by atoms with Crippen molar-refractivity contribution in [3.63, 3.8) is 0 Å². The SMILES string of the molecule is c1ccc(-c2ccc(-c3ccc(N(c4ccc(-c5ccc6cc(-c7ccc8ccccc8c7)ccc6c5)cc4)c4cccc5c4sc4ccc6ccccc6c45)cc3)cc2)cc1. The van der Waals surface area contributed by atoms with Gasteiger partial charge in [0.2, 0.25) is 0 Å². The average molecular weight is 806 g/mol. The molecule has 0 aliphatic carbocycles. The minimum absolute atomic E-state index is 1.12. The highest BCUT2D eigenvalue weighted by molar-refractivity contribution is 7.26. The number of hydrogen-bond donors (Lipinski definition) is 0. The first-order valence-electron chi connectivity index (χ1n) is 21.2. The topological polar surface area (TPSA) is 3.24 Å². The van der Waals surface area contributed by atoms with Crippen LogP contribution in [-0.4, -0.2) is 0 Å². The molecule has 0 radical (unpaired) electrons. The van der Waals surface area contributed by atoms with Crippen LogP contribution in [0.1, 0.15) is 0 Å². The van der Waals surface area contributed by atoms with Crippen LogP contribution in [0.15, 0.2) is 237 Å². The molecule has 0 aliphatic heterocycles. The summed E-state index contributed by atoms with van der Waals surface area (Å²) in [5, 5.41) is 10.2. The lowest BCUT2D eigenvalue weighted by molar-refractivity contribution is 1.30. The van der Waals surface area contributed by atoms with Crippen molar-refractivity contribution in [1.82, 2.24) is 0 Å². The van der Waals surface area contributed by atoms with Gasteiger partial charge in [-0.2, -0.15) is 0 Å². The van der Waals surface area contributed by atoms with E-state index >= 15 is 0 Å². The third-order valence-electron chi connectivity index (χ3n) is 12.4. The number of anilines is 3. The standard InChI is InChI=1S/C60H39NS/c1-2-9-40(10-3-1)42-17-19-43(20-18-42)44-27-32-53(33-28-44)61(57-16-8-15-56-59-55-14-7-6-12-46(55)31-36-58(59)62-60(56)57)54-34-29-45(30-35-54)48-23-24-51-39-52(26-25-50(51)38-48)49-22-21-41-11-4-5-13-47(41)37-49/h1-39H. The lowest BCUT2D eigenvalue weighted by Gasteiger charge is -2.26. The Morgan fingerprint density at radius 3 is 1.32 bits per heavy atom. The molecule has 1 nitrogen and oxygen atoms in total. The lowest BCUT2D eigenvalue weighted by Crippen LogP contribution is -2.10. The molecule has 290 valence electrons. The molecule has 0 saturated heterocycles. The number of fused-ring (bicyclic) bond motifs is 7. The van der Waals surface area contributed by atoms with E-state index in [1.165, 1.54) is 103 Å². The van der Waals surface area contributed by atoms with Crippen LogP contribution in [0.2, 0.25) is 0 Å². The molecule has 0 aliphatic rings. The average Bonchev–Trinajstić information content (AvgIpc) is 3.75. The third-order valence-corrected chi connectivity index (χ3v) is 13.6. The van der Waals surface area contributed by atoms with Crippen molar-refractivity contribution in [1.29, 1.82) is 0 Å². The molecule has 0 amide bonds. The summed E-state index contributed by atoms with van der Waals surface area (Å²) in [5.41, 5.74) is 13.1. The molecule has 0 atom stereocenters. The zero-order valence-corrected chi connectivity index (χ0v) is 34.7. The maximum Gasteiger partial charge on any atom is 0.0640 e. The lowest BCUT2D eigenvalue weighted by atomic mass is 9.96. The predicted octanol–water partition coefficient (Wildman–Crippen LogP) is 17.7. The number of benzene rings is 11. The van der Waals surface area contributed by atoms with Crippen molar-refractivity contribution in [2.24, 2.45) is 0 Å². The Labute approximate surface area is 365 Å². The van der Waals surface area contributed by atoms with Crippen molar-refractivity contribution >= 4 is 80.9 Å². The smallest absolute Gasteiger partial charge is 0.0640 e. The second kappa shape index (κ2) is 15.0. The van der Waals surface area contributed by atoms with Gasteiger partial charge < -0.3 is 4.90 Å². The molecule has 0 unspecified atom stereocenters. The molecule has 0 N–H and O–H groups in total. The van der Waals surface area contributed by atoms with E-state index in [9.17, 15) is 0 Å². The van der Waals surface area contributed by atoms with Gasteiger partial charge >= 0.3 is 0 Å². The molecule has 0 saturated carbocycles. The summed E-state index contributed by atoms with van der Waals surface area (Å²) in [6, 6.07) is 86.7. The van der Waals surface area contributed by atoms with Crippen molar-refractivity contribution < 1.29 is 0 Å². The Morgan fingerprint density at radius 2 is 0.694 bits per heavy atom. The predicted molar refractivity (Wildman–Crippen MR) is 268 cm³/mol. The van der Waals surface area contributed by atoms with Crippen molar-refractivity contribution in [3.05, 3.63) is 237 Å². The summed E-state index contributed by atoms with van der Waals surface area (Å²) in [6.07, 6.45) is 0. The van der Waals surface area contributed by atoms with Crippen LogP contribution in [0.25, 0.3) is 97.0 Å². The van der Waals surface area contributed by atoms with E-state index in [1.54, 1.807) is 0 Å². The maximum atomic E-state index is 2.43. The summed E-state index contributed by atoms with van der Waals surface area (Å²) >= 11 is 1.88. The molecule has 0 spiro atoms. The second-order valence-electron chi connectivity index (χ2n) is 16.1. The van der Waals surface area contributed by atoms with Crippen molar-refractivity contribution in [2.45, 2.75) is 0 Å². The third kappa shape index (κ3) is 6.41. The zero-order valence-electron chi connectivity index (χ0n) is 33.9. The van der Waals surface area contributed by atoms with E-state index in [0.717, 1.165) is 11.4 Å². The molecule has 0 bridgehead atoms. The maximum absolute atomic E-state index is 2.43. The zero-order chi connectivity index (χ0) is 41.0. The largest absolute Gasteiger partial charge is 0.309 e. The van der Waals surface area contributed by atoms with E-state index < -0.39 is 0 Å². The van der Waals surface area contributed by atoms with Gasteiger partial charge in [-0.1, -0.05) is 182 Å². The number of hydrogen-bond acceptors (Lipinski definition) is 2. The molecule has 0 fully saturated rings. The van der Waals surface area contributed by atoms with E-state index in [0.29, 0.717) is 0 Å². The van der Waals surface area contributed by atoms with E-state index in [1.807, 2.05) is 11.3 Å². The summed E-state index contributed by atoms with van der Waals surface area (Å²) in [7, 11) is 0. The van der Waals surface area contributed by atoms with Crippen molar-refractivity contribution in [2.75, 3.05) is 4.90 Å². The molecule has 62 heavy (non-hydrogen) atoms. The van der Waals surface area contributed by atoms with Gasteiger partial charge in [-0.3, -0.25) is 0 Å². The molecule has 2 heteroatoms. The van der Waals surface area contributed by atoms with Crippen LogP contribution in [0.5, 0.6) is 0 Å². The number of nitrogens with zero attached hydrogens (tertiary/aromatic N) is 1. The highest BCUT2D eigenvalue weighted by Gasteiger charge is 2.19. The highest BCUT2D eigenvalue weighted by Crippen LogP contribution is 2.47. The Bertz CT molecular complexity index is 3600. The summed E-state index contributed by atoms with van der Waals surface area (Å²) in [6.45, 7) is 0. The number of thiophene rings is 1. The van der Waals surface area contributed by atoms with Gasteiger partial charge in [-0.15, -0.1) is 11.3 Å². The van der Waals surface area contributed by atoms with Gasteiger partial charge in [0.25, 0.3) is 0 Å². The van der Waals surface area contributed by atoms with E-state index in [4.69, 9.17) is 0 Å². The fraction of sp³-hybridized carbons (Fsp3) is 0. The van der Waals surface area contributed by atoms with Crippen LogP contribution >= 0.6 is 11.3 Å². The molecule has 1 aromatic heterocycles.